The molecule has 1 amide bonds. The summed E-state index contributed by atoms with van der Waals surface area (Å²) in [6, 6.07) is 0.190. The number of aromatic nitrogens is 5. The number of hydrogen-bond acceptors (Lipinski definition) is 7. The van der Waals surface area contributed by atoms with Crippen molar-refractivity contribution in [3.05, 3.63) is 30.0 Å². The van der Waals surface area contributed by atoms with Gasteiger partial charge in [0.1, 0.15) is 11.5 Å². The predicted octanol–water partition coefficient (Wildman–Crippen LogP) is -0.483. The standard InChI is InChI=1S/C13H15N7O2/c14-13(21)9-4-15-5-12(17-9)19-2-1-10-11(6-19)22-7-8-3-16-18-20(8)10/h3-5,10-11H,1-2,6-7H2,(H2,14,21)/t10-,11-/m0/s1. The van der Waals surface area contributed by atoms with Crippen LogP contribution in [0.3, 0.4) is 0 Å². The molecule has 1 saturated heterocycles. The second-order valence-electron chi connectivity index (χ2n) is 5.45. The van der Waals surface area contributed by atoms with E-state index >= 15 is 0 Å². The molecule has 114 valence electrons. The Morgan fingerprint density at radius 3 is 3.14 bits per heavy atom. The first-order chi connectivity index (χ1) is 10.7. The molecule has 0 radical (unpaired) electrons. The number of carbonyl (C=O) groups excluding carboxylic acids is 1. The lowest BCUT2D eigenvalue weighted by Gasteiger charge is -2.41. The first-order valence-electron chi connectivity index (χ1n) is 7.10. The summed E-state index contributed by atoms with van der Waals surface area (Å²) in [7, 11) is 0. The van der Waals surface area contributed by atoms with Crippen molar-refractivity contribution in [2.24, 2.45) is 5.73 Å². The topological polar surface area (TPSA) is 112 Å². The van der Waals surface area contributed by atoms with Gasteiger partial charge in [-0.2, -0.15) is 0 Å². The van der Waals surface area contributed by atoms with Crippen LogP contribution in [-0.2, 0) is 11.3 Å². The SMILES string of the molecule is NC(=O)c1cncc(N2CC[C@H]3[C@H](C2)OCc2cnnn23)n1. The highest BCUT2D eigenvalue weighted by molar-refractivity contribution is 5.90. The van der Waals surface area contributed by atoms with E-state index in [1.54, 1.807) is 12.4 Å². The summed E-state index contributed by atoms with van der Waals surface area (Å²) in [6.07, 6.45) is 5.63. The highest BCUT2D eigenvalue weighted by atomic mass is 16.5. The Hall–Kier alpha value is -2.55. The summed E-state index contributed by atoms with van der Waals surface area (Å²) in [5.74, 6) is 0.0631. The van der Waals surface area contributed by atoms with Gasteiger partial charge < -0.3 is 15.4 Å². The zero-order valence-corrected chi connectivity index (χ0v) is 11.8. The van der Waals surface area contributed by atoms with Crippen LogP contribution >= 0.6 is 0 Å². The number of hydrogen-bond donors (Lipinski definition) is 1. The second-order valence-corrected chi connectivity index (χ2v) is 5.45. The third-order valence-corrected chi connectivity index (χ3v) is 4.13. The average molecular weight is 301 g/mol. The van der Waals surface area contributed by atoms with Crippen molar-refractivity contribution in [3.63, 3.8) is 0 Å². The van der Waals surface area contributed by atoms with Crippen LogP contribution in [0, 0.1) is 0 Å². The fourth-order valence-electron chi connectivity index (χ4n) is 3.02. The quantitative estimate of drug-likeness (QED) is 0.797. The summed E-state index contributed by atoms with van der Waals surface area (Å²) in [5.41, 5.74) is 6.43. The molecule has 0 spiro atoms. The molecule has 0 aliphatic carbocycles. The van der Waals surface area contributed by atoms with Gasteiger partial charge in [0.15, 0.2) is 0 Å². The molecule has 2 aromatic heterocycles. The molecular formula is C13H15N7O2. The van der Waals surface area contributed by atoms with E-state index in [4.69, 9.17) is 10.5 Å². The molecule has 1 fully saturated rings. The van der Waals surface area contributed by atoms with E-state index in [1.807, 2.05) is 4.68 Å². The Labute approximate surface area is 126 Å². The maximum absolute atomic E-state index is 11.2. The summed E-state index contributed by atoms with van der Waals surface area (Å²) in [6.45, 7) is 1.95. The molecule has 2 N–H and O–H groups in total. The summed E-state index contributed by atoms with van der Waals surface area (Å²) in [4.78, 5) is 21.6. The third-order valence-electron chi connectivity index (χ3n) is 4.13. The van der Waals surface area contributed by atoms with Crippen LogP contribution in [-0.4, -0.2) is 50.1 Å². The van der Waals surface area contributed by atoms with Gasteiger partial charge in [0.25, 0.3) is 5.91 Å². The molecule has 0 saturated carbocycles. The number of piperidine rings is 1. The zero-order valence-electron chi connectivity index (χ0n) is 11.8. The predicted molar refractivity (Wildman–Crippen MR) is 75.0 cm³/mol. The number of fused-ring (bicyclic) bond motifs is 3. The lowest BCUT2D eigenvalue weighted by Crippen LogP contribution is -2.49. The Morgan fingerprint density at radius 2 is 2.27 bits per heavy atom. The van der Waals surface area contributed by atoms with Gasteiger partial charge in [0.05, 0.1) is 43.0 Å². The fourth-order valence-corrected chi connectivity index (χ4v) is 3.02. The van der Waals surface area contributed by atoms with Crippen molar-refractivity contribution in [2.75, 3.05) is 18.0 Å². The Bertz CT molecular complexity index is 716. The maximum Gasteiger partial charge on any atom is 0.268 e. The van der Waals surface area contributed by atoms with Gasteiger partial charge in [0, 0.05) is 13.1 Å². The number of rotatable bonds is 2. The van der Waals surface area contributed by atoms with Crippen molar-refractivity contribution in [1.29, 1.82) is 0 Å². The van der Waals surface area contributed by atoms with Gasteiger partial charge in [-0.25, -0.2) is 9.67 Å². The Balaban J connectivity index is 1.56. The second kappa shape index (κ2) is 5.02. The number of primary amides is 1. The van der Waals surface area contributed by atoms with Gasteiger partial charge in [-0.3, -0.25) is 9.78 Å². The first kappa shape index (κ1) is 13.1. The van der Waals surface area contributed by atoms with Gasteiger partial charge in [0.2, 0.25) is 0 Å². The van der Waals surface area contributed by atoms with E-state index in [2.05, 4.69) is 25.2 Å². The van der Waals surface area contributed by atoms with Gasteiger partial charge in [-0.15, -0.1) is 5.10 Å². The number of nitrogens with zero attached hydrogens (tertiary/aromatic N) is 6. The highest BCUT2D eigenvalue weighted by Gasteiger charge is 2.36. The summed E-state index contributed by atoms with van der Waals surface area (Å²) < 4.78 is 7.87. The maximum atomic E-state index is 11.2. The molecule has 4 heterocycles. The molecule has 2 atom stereocenters. The van der Waals surface area contributed by atoms with Gasteiger partial charge >= 0.3 is 0 Å². The van der Waals surface area contributed by atoms with Crippen LogP contribution in [0.2, 0.25) is 0 Å². The van der Waals surface area contributed by atoms with E-state index in [1.165, 1.54) is 6.20 Å². The Morgan fingerprint density at radius 1 is 1.36 bits per heavy atom. The first-order valence-corrected chi connectivity index (χ1v) is 7.10. The van der Waals surface area contributed by atoms with E-state index in [9.17, 15) is 4.79 Å². The van der Waals surface area contributed by atoms with Crippen LogP contribution in [0.5, 0.6) is 0 Å². The fraction of sp³-hybridized carbons (Fsp3) is 0.462. The van der Waals surface area contributed by atoms with Crippen molar-refractivity contribution in [2.45, 2.75) is 25.2 Å². The smallest absolute Gasteiger partial charge is 0.268 e. The molecule has 0 bridgehead atoms. The van der Waals surface area contributed by atoms with Crippen molar-refractivity contribution in [3.8, 4) is 0 Å². The number of anilines is 1. The molecule has 9 nitrogen and oxygen atoms in total. The summed E-state index contributed by atoms with van der Waals surface area (Å²) in [5, 5.41) is 8.10. The molecule has 9 heteroatoms. The number of ether oxygens (including phenoxy) is 1. The van der Waals surface area contributed by atoms with Gasteiger partial charge in [-0.1, -0.05) is 5.21 Å². The van der Waals surface area contributed by atoms with E-state index in [0.717, 1.165) is 18.7 Å². The molecule has 4 rings (SSSR count). The van der Waals surface area contributed by atoms with E-state index in [0.29, 0.717) is 19.0 Å². The lowest BCUT2D eigenvalue weighted by molar-refractivity contribution is -0.0335. The third kappa shape index (κ3) is 2.10. The van der Waals surface area contributed by atoms with Crippen LogP contribution in [0.25, 0.3) is 0 Å². The number of nitrogens with two attached hydrogens (primary N) is 1. The minimum Gasteiger partial charge on any atom is -0.368 e. The average Bonchev–Trinajstić information content (AvgIpc) is 3.03. The number of carbonyl (C=O) groups is 1. The largest absolute Gasteiger partial charge is 0.368 e. The van der Waals surface area contributed by atoms with Crippen LogP contribution in [0.1, 0.15) is 28.6 Å². The molecule has 0 unspecified atom stereocenters. The molecule has 2 aliphatic heterocycles. The van der Waals surface area contributed by atoms with Crippen molar-refractivity contribution < 1.29 is 9.53 Å². The summed E-state index contributed by atoms with van der Waals surface area (Å²) >= 11 is 0. The zero-order chi connectivity index (χ0) is 15.1. The molecule has 2 aromatic rings. The highest BCUT2D eigenvalue weighted by Crippen LogP contribution is 2.31. The number of amides is 1. The van der Waals surface area contributed by atoms with E-state index in [-0.39, 0.29) is 17.8 Å². The minimum absolute atomic E-state index is 0.0157. The van der Waals surface area contributed by atoms with Gasteiger partial charge in [-0.05, 0) is 6.42 Å². The van der Waals surface area contributed by atoms with Crippen LogP contribution in [0.4, 0.5) is 5.82 Å². The molecule has 2 aliphatic rings. The molecule has 0 aromatic carbocycles. The van der Waals surface area contributed by atoms with Crippen molar-refractivity contribution >= 4 is 11.7 Å². The van der Waals surface area contributed by atoms with E-state index < -0.39 is 5.91 Å². The minimum atomic E-state index is -0.578. The lowest BCUT2D eigenvalue weighted by atomic mass is 10.0. The monoisotopic (exact) mass is 301 g/mol. The van der Waals surface area contributed by atoms with Crippen LogP contribution in [0.15, 0.2) is 18.6 Å². The molecular weight excluding hydrogens is 286 g/mol. The molecule has 22 heavy (non-hydrogen) atoms. The Kier molecular flexibility index (Phi) is 3.00. The van der Waals surface area contributed by atoms with Crippen molar-refractivity contribution in [1.82, 2.24) is 25.0 Å². The van der Waals surface area contributed by atoms with Crippen LogP contribution < -0.4 is 10.6 Å². The normalized spacial score (nSPS) is 23.7.